The lowest BCUT2D eigenvalue weighted by molar-refractivity contribution is -0.104. The standard InChI is InChI=1S/C15H24N2O3/c1-15(2,3)20-14(19)17-9-6-13(11-17)12(7-10-18)5-8-16-4/h5,7-8,10,13,16H,6,9,11H2,1-4H3/b8-5-,12-7+. The minimum absolute atomic E-state index is 0.178. The van der Waals surface area contributed by atoms with Crippen LogP contribution in [0, 0.1) is 5.92 Å². The molecule has 1 heterocycles. The Labute approximate surface area is 120 Å². The van der Waals surface area contributed by atoms with E-state index in [1.54, 1.807) is 24.2 Å². The van der Waals surface area contributed by atoms with Gasteiger partial charge in [0.2, 0.25) is 0 Å². The number of rotatable bonds is 4. The zero-order valence-electron chi connectivity index (χ0n) is 12.7. The van der Waals surface area contributed by atoms with E-state index in [0.29, 0.717) is 13.1 Å². The summed E-state index contributed by atoms with van der Waals surface area (Å²) in [4.78, 5) is 24.4. The van der Waals surface area contributed by atoms with Gasteiger partial charge in [-0.05, 0) is 51.1 Å². The highest BCUT2D eigenvalue weighted by Crippen LogP contribution is 2.25. The average molecular weight is 280 g/mol. The van der Waals surface area contributed by atoms with Gasteiger partial charge in [-0.1, -0.05) is 0 Å². The van der Waals surface area contributed by atoms with Crippen LogP contribution in [0.3, 0.4) is 0 Å². The number of hydrogen-bond donors (Lipinski definition) is 1. The molecule has 1 aliphatic heterocycles. The van der Waals surface area contributed by atoms with Crippen molar-refractivity contribution in [3.63, 3.8) is 0 Å². The molecular formula is C15H24N2O3. The van der Waals surface area contributed by atoms with E-state index in [1.165, 1.54) is 0 Å². The van der Waals surface area contributed by atoms with Gasteiger partial charge in [0.05, 0.1) is 0 Å². The first-order chi connectivity index (χ1) is 9.37. The number of hydrogen-bond acceptors (Lipinski definition) is 4. The largest absolute Gasteiger partial charge is 0.444 e. The fraction of sp³-hybridized carbons (Fsp3) is 0.600. The van der Waals surface area contributed by atoms with E-state index in [0.717, 1.165) is 18.3 Å². The number of aldehydes is 1. The summed E-state index contributed by atoms with van der Waals surface area (Å²) in [7, 11) is 1.80. The maximum Gasteiger partial charge on any atom is 0.410 e. The van der Waals surface area contributed by atoms with Crippen molar-refractivity contribution in [3.05, 3.63) is 23.9 Å². The molecule has 0 aromatic heterocycles. The van der Waals surface area contributed by atoms with Crippen LogP contribution < -0.4 is 5.32 Å². The molecule has 0 aromatic carbocycles. The van der Waals surface area contributed by atoms with Crippen LogP contribution in [-0.4, -0.2) is 43.0 Å². The van der Waals surface area contributed by atoms with Crippen LogP contribution in [0.1, 0.15) is 27.2 Å². The van der Waals surface area contributed by atoms with E-state index in [2.05, 4.69) is 5.32 Å². The van der Waals surface area contributed by atoms with Crippen molar-refractivity contribution < 1.29 is 14.3 Å². The molecule has 1 saturated heterocycles. The Hall–Kier alpha value is -1.78. The third kappa shape index (κ3) is 5.07. The lowest BCUT2D eigenvalue weighted by atomic mass is 9.98. The monoisotopic (exact) mass is 280 g/mol. The zero-order valence-corrected chi connectivity index (χ0v) is 12.7. The van der Waals surface area contributed by atoms with Crippen molar-refractivity contribution in [2.75, 3.05) is 20.1 Å². The van der Waals surface area contributed by atoms with Gasteiger partial charge in [0.25, 0.3) is 0 Å². The molecule has 1 aliphatic rings. The Morgan fingerprint density at radius 3 is 2.65 bits per heavy atom. The van der Waals surface area contributed by atoms with Crippen molar-refractivity contribution in [1.29, 1.82) is 0 Å². The van der Waals surface area contributed by atoms with Gasteiger partial charge in [0.1, 0.15) is 11.9 Å². The van der Waals surface area contributed by atoms with Gasteiger partial charge in [-0.2, -0.15) is 0 Å². The second-order valence-electron chi connectivity index (χ2n) is 5.84. The summed E-state index contributed by atoms with van der Waals surface area (Å²) in [6, 6.07) is 0. The number of nitrogens with zero attached hydrogens (tertiary/aromatic N) is 1. The molecule has 1 fully saturated rings. The SMILES string of the molecule is CN/C=C\C(=C/C=O)C1CCN(C(=O)OC(C)(C)C)C1. The molecule has 0 spiro atoms. The van der Waals surface area contributed by atoms with E-state index in [4.69, 9.17) is 4.74 Å². The maximum atomic E-state index is 12.0. The quantitative estimate of drug-likeness (QED) is 0.487. The predicted molar refractivity (Wildman–Crippen MR) is 78.3 cm³/mol. The third-order valence-corrected chi connectivity index (χ3v) is 3.01. The number of carbonyl (C=O) groups excluding carboxylic acids is 2. The minimum Gasteiger partial charge on any atom is -0.444 e. The Bertz CT molecular complexity index is 408. The summed E-state index contributed by atoms with van der Waals surface area (Å²) in [6.45, 7) is 6.80. The Balaban J connectivity index is 2.66. The fourth-order valence-electron chi connectivity index (χ4n) is 2.11. The van der Waals surface area contributed by atoms with Gasteiger partial charge in [-0.15, -0.1) is 0 Å². The molecule has 0 saturated carbocycles. The van der Waals surface area contributed by atoms with Gasteiger partial charge in [-0.3, -0.25) is 4.79 Å². The number of carbonyl (C=O) groups is 2. The molecule has 5 nitrogen and oxygen atoms in total. The highest BCUT2D eigenvalue weighted by atomic mass is 16.6. The summed E-state index contributed by atoms with van der Waals surface area (Å²) < 4.78 is 5.36. The number of nitrogens with one attached hydrogen (secondary N) is 1. The normalized spacial score (nSPS) is 20.3. The lowest BCUT2D eigenvalue weighted by Crippen LogP contribution is -2.35. The van der Waals surface area contributed by atoms with Crippen LogP contribution in [0.2, 0.25) is 0 Å². The lowest BCUT2D eigenvalue weighted by Gasteiger charge is -2.24. The van der Waals surface area contributed by atoms with E-state index >= 15 is 0 Å². The zero-order chi connectivity index (χ0) is 15.2. The number of likely N-dealkylation sites (tertiary alicyclic amines) is 1. The van der Waals surface area contributed by atoms with Crippen molar-refractivity contribution in [1.82, 2.24) is 10.2 Å². The van der Waals surface area contributed by atoms with Gasteiger partial charge >= 0.3 is 6.09 Å². The molecule has 1 unspecified atom stereocenters. The van der Waals surface area contributed by atoms with Crippen LogP contribution in [-0.2, 0) is 9.53 Å². The average Bonchev–Trinajstić information content (AvgIpc) is 2.82. The topological polar surface area (TPSA) is 58.6 Å². The van der Waals surface area contributed by atoms with Crippen LogP contribution >= 0.6 is 0 Å². The molecule has 1 atom stereocenters. The molecule has 1 rings (SSSR count). The highest BCUT2D eigenvalue weighted by Gasteiger charge is 2.30. The molecule has 5 heteroatoms. The maximum absolute atomic E-state index is 12.0. The van der Waals surface area contributed by atoms with Crippen molar-refractivity contribution in [2.45, 2.75) is 32.8 Å². The smallest absolute Gasteiger partial charge is 0.410 e. The number of allylic oxidation sites excluding steroid dienone is 2. The first-order valence-corrected chi connectivity index (χ1v) is 6.84. The molecule has 0 bridgehead atoms. The summed E-state index contributed by atoms with van der Waals surface area (Å²) in [5.41, 5.74) is 0.447. The van der Waals surface area contributed by atoms with Crippen LogP contribution in [0.4, 0.5) is 4.79 Å². The van der Waals surface area contributed by atoms with Crippen LogP contribution in [0.25, 0.3) is 0 Å². The molecule has 0 radical (unpaired) electrons. The second-order valence-corrected chi connectivity index (χ2v) is 5.84. The van der Waals surface area contributed by atoms with E-state index in [1.807, 2.05) is 26.8 Å². The van der Waals surface area contributed by atoms with Gasteiger partial charge in [0.15, 0.2) is 0 Å². The highest BCUT2D eigenvalue weighted by molar-refractivity contribution is 5.69. The predicted octanol–water partition coefficient (Wildman–Crippen LogP) is 2.10. The first-order valence-electron chi connectivity index (χ1n) is 6.84. The van der Waals surface area contributed by atoms with E-state index in [-0.39, 0.29) is 12.0 Å². The van der Waals surface area contributed by atoms with E-state index in [9.17, 15) is 9.59 Å². The first kappa shape index (κ1) is 16.3. The summed E-state index contributed by atoms with van der Waals surface area (Å²) in [5, 5.41) is 2.90. The summed E-state index contributed by atoms with van der Waals surface area (Å²) in [5.74, 6) is 0.178. The van der Waals surface area contributed by atoms with Gasteiger partial charge in [-0.25, -0.2) is 4.79 Å². The fourth-order valence-corrected chi connectivity index (χ4v) is 2.11. The molecule has 1 N–H and O–H groups in total. The number of amides is 1. The van der Waals surface area contributed by atoms with Crippen LogP contribution in [0.5, 0.6) is 0 Å². The summed E-state index contributed by atoms with van der Waals surface area (Å²) in [6.07, 6.45) is 6.54. The third-order valence-electron chi connectivity index (χ3n) is 3.01. The molecular weight excluding hydrogens is 256 g/mol. The Morgan fingerprint density at radius 1 is 1.40 bits per heavy atom. The van der Waals surface area contributed by atoms with Crippen molar-refractivity contribution in [2.24, 2.45) is 5.92 Å². The van der Waals surface area contributed by atoms with Gasteiger partial charge in [0, 0.05) is 26.1 Å². The van der Waals surface area contributed by atoms with Crippen molar-refractivity contribution in [3.8, 4) is 0 Å². The molecule has 0 aliphatic carbocycles. The minimum atomic E-state index is -0.483. The van der Waals surface area contributed by atoms with Crippen molar-refractivity contribution >= 4 is 12.4 Å². The molecule has 1 amide bonds. The molecule has 20 heavy (non-hydrogen) atoms. The second kappa shape index (κ2) is 7.12. The van der Waals surface area contributed by atoms with Crippen LogP contribution in [0.15, 0.2) is 23.9 Å². The molecule has 0 aromatic rings. The molecule has 112 valence electrons. The Kier molecular flexibility index (Phi) is 5.80. The Morgan fingerprint density at radius 2 is 2.10 bits per heavy atom. The number of ether oxygens (including phenoxy) is 1. The van der Waals surface area contributed by atoms with E-state index < -0.39 is 5.60 Å². The summed E-state index contributed by atoms with van der Waals surface area (Å²) >= 11 is 0. The van der Waals surface area contributed by atoms with Gasteiger partial charge < -0.3 is 15.0 Å².